The average Bonchev–Trinajstić information content (AvgIpc) is 3.15. The summed E-state index contributed by atoms with van der Waals surface area (Å²) in [5.74, 6) is 2.37. The number of aromatic nitrogens is 2. The lowest BCUT2D eigenvalue weighted by Gasteiger charge is -2.10. The van der Waals surface area contributed by atoms with E-state index in [1.807, 2.05) is 30.3 Å². The second kappa shape index (κ2) is 6.79. The Morgan fingerprint density at radius 1 is 1.15 bits per heavy atom. The molecule has 0 saturated carbocycles. The fraction of sp³-hybridized carbons (Fsp3) is 0.158. The smallest absolute Gasteiger partial charge is 0.297 e. The third kappa shape index (κ3) is 3.06. The van der Waals surface area contributed by atoms with Crippen LogP contribution in [0.4, 0.5) is 5.82 Å². The van der Waals surface area contributed by atoms with E-state index in [0.29, 0.717) is 23.7 Å². The van der Waals surface area contributed by atoms with Crippen LogP contribution in [0.25, 0.3) is 5.69 Å². The fourth-order valence-corrected chi connectivity index (χ4v) is 2.70. The Kier molecular flexibility index (Phi) is 4.18. The van der Waals surface area contributed by atoms with Gasteiger partial charge in [0.1, 0.15) is 5.75 Å². The van der Waals surface area contributed by atoms with Crippen LogP contribution in [0.2, 0.25) is 0 Å². The van der Waals surface area contributed by atoms with E-state index in [2.05, 4.69) is 10.3 Å². The van der Waals surface area contributed by atoms with E-state index < -0.39 is 0 Å². The lowest BCUT2D eigenvalue weighted by atomic mass is 10.2. The lowest BCUT2D eigenvalue weighted by Crippen LogP contribution is -2.23. The van der Waals surface area contributed by atoms with E-state index in [9.17, 15) is 4.79 Å². The topological polar surface area (TPSA) is 74.6 Å². The molecule has 0 aliphatic carbocycles. The van der Waals surface area contributed by atoms with Gasteiger partial charge in [0.2, 0.25) is 6.79 Å². The molecule has 1 aromatic heterocycles. The molecule has 2 aromatic carbocycles. The van der Waals surface area contributed by atoms with Gasteiger partial charge in [-0.2, -0.15) is 0 Å². The maximum atomic E-state index is 12.7. The number of methoxy groups -OCH3 is 1. The van der Waals surface area contributed by atoms with Crippen molar-refractivity contribution in [3.05, 3.63) is 70.8 Å². The van der Waals surface area contributed by atoms with Gasteiger partial charge in [-0.1, -0.05) is 12.1 Å². The van der Waals surface area contributed by atoms with Crippen LogP contribution in [-0.2, 0) is 6.54 Å². The largest absolute Gasteiger partial charge is 0.497 e. The number of hydrogen-bond donors (Lipinski definition) is 1. The van der Waals surface area contributed by atoms with Crippen molar-refractivity contribution in [3.8, 4) is 22.9 Å². The summed E-state index contributed by atoms with van der Waals surface area (Å²) in [5, 5.41) is 3.09. The average molecular weight is 351 g/mol. The van der Waals surface area contributed by atoms with Gasteiger partial charge in [-0.25, -0.2) is 4.98 Å². The van der Waals surface area contributed by atoms with Crippen LogP contribution in [0.5, 0.6) is 17.2 Å². The fourth-order valence-electron chi connectivity index (χ4n) is 2.70. The van der Waals surface area contributed by atoms with Crippen molar-refractivity contribution in [2.75, 3.05) is 19.2 Å². The number of rotatable bonds is 5. The summed E-state index contributed by atoms with van der Waals surface area (Å²) in [7, 11) is 1.62. The molecule has 3 aromatic rings. The molecule has 4 rings (SSSR count). The molecule has 0 bridgehead atoms. The number of anilines is 1. The SMILES string of the molecule is COc1ccc(CNc2nccn(-c3ccc4c(c3)OCO4)c2=O)cc1. The van der Waals surface area contributed by atoms with Gasteiger partial charge in [0.25, 0.3) is 5.56 Å². The first kappa shape index (κ1) is 16.0. The summed E-state index contributed by atoms with van der Waals surface area (Å²) in [4.78, 5) is 16.9. The first-order chi connectivity index (χ1) is 12.7. The summed E-state index contributed by atoms with van der Waals surface area (Å²) in [6, 6.07) is 13.0. The number of benzene rings is 2. The zero-order chi connectivity index (χ0) is 17.9. The molecule has 0 atom stereocenters. The van der Waals surface area contributed by atoms with Crippen molar-refractivity contribution in [2.45, 2.75) is 6.54 Å². The highest BCUT2D eigenvalue weighted by Gasteiger charge is 2.15. The molecule has 7 nitrogen and oxygen atoms in total. The highest BCUT2D eigenvalue weighted by Crippen LogP contribution is 2.33. The summed E-state index contributed by atoms with van der Waals surface area (Å²) in [6.45, 7) is 0.677. The molecule has 0 spiro atoms. The monoisotopic (exact) mass is 351 g/mol. The maximum Gasteiger partial charge on any atom is 0.297 e. The van der Waals surface area contributed by atoms with Gasteiger partial charge < -0.3 is 19.5 Å². The molecule has 132 valence electrons. The molecule has 1 aliphatic rings. The molecule has 7 heteroatoms. The predicted octanol–water partition coefficient (Wildman–Crippen LogP) is 2.58. The Morgan fingerprint density at radius 3 is 2.77 bits per heavy atom. The van der Waals surface area contributed by atoms with Gasteiger partial charge in [-0.3, -0.25) is 9.36 Å². The van der Waals surface area contributed by atoms with Crippen molar-refractivity contribution in [2.24, 2.45) is 0 Å². The summed E-state index contributed by atoms with van der Waals surface area (Å²) >= 11 is 0. The minimum atomic E-state index is -0.236. The number of fused-ring (bicyclic) bond motifs is 1. The number of hydrogen-bond acceptors (Lipinski definition) is 6. The first-order valence-electron chi connectivity index (χ1n) is 8.09. The molecule has 0 fully saturated rings. The van der Waals surface area contributed by atoms with E-state index in [0.717, 1.165) is 11.3 Å². The second-order valence-corrected chi connectivity index (χ2v) is 5.69. The van der Waals surface area contributed by atoms with Crippen molar-refractivity contribution in [1.29, 1.82) is 0 Å². The van der Waals surface area contributed by atoms with Gasteiger partial charge in [0.05, 0.1) is 12.8 Å². The van der Waals surface area contributed by atoms with E-state index in [1.165, 1.54) is 4.57 Å². The Balaban J connectivity index is 1.56. The molecule has 0 unspecified atom stereocenters. The van der Waals surface area contributed by atoms with Crippen LogP contribution in [-0.4, -0.2) is 23.5 Å². The van der Waals surface area contributed by atoms with E-state index in [-0.39, 0.29) is 18.2 Å². The number of nitrogens with one attached hydrogen (secondary N) is 1. The molecule has 1 N–H and O–H groups in total. The third-order valence-electron chi connectivity index (χ3n) is 4.09. The molecule has 0 saturated heterocycles. The minimum Gasteiger partial charge on any atom is -0.497 e. The van der Waals surface area contributed by atoms with Crippen LogP contribution >= 0.6 is 0 Å². The van der Waals surface area contributed by atoms with Gasteiger partial charge in [-0.05, 0) is 29.8 Å². The first-order valence-corrected chi connectivity index (χ1v) is 8.09. The maximum absolute atomic E-state index is 12.7. The van der Waals surface area contributed by atoms with Crippen molar-refractivity contribution in [3.63, 3.8) is 0 Å². The predicted molar refractivity (Wildman–Crippen MR) is 96.3 cm³/mol. The molecule has 0 amide bonds. The Hall–Kier alpha value is -3.48. The third-order valence-corrected chi connectivity index (χ3v) is 4.09. The van der Waals surface area contributed by atoms with E-state index >= 15 is 0 Å². The standard InChI is InChI=1S/C19H17N3O4/c1-24-15-5-2-13(3-6-15)11-21-18-19(23)22(9-8-20-18)14-4-7-16-17(10-14)26-12-25-16/h2-10H,11-12H2,1H3,(H,20,21). The van der Waals surface area contributed by atoms with E-state index in [4.69, 9.17) is 14.2 Å². The van der Waals surface area contributed by atoms with Crippen LogP contribution in [0.3, 0.4) is 0 Å². The van der Waals surface area contributed by atoms with Gasteiger partial charge >= 0.3 is 0 Å². The second-order valence-electron chi connectivity index (χ2n) is 5.69. The Labute approximate surface area is 149 Å². The highest BCUT2D eigenvalue weighted by molar-refractivity contribution is 5.51. The number of nitrogens with zero attached hydrogens (tertiary/aromatic N) is 2. The van der Waals surface area contributed by atoms with Crippen molar-refractivity contribution >= 4 is 5.82 Å². The summed E-state index contributed by atoms with van der Waals surface area (Å²) in [5.41, 5.74) is 1.47. The normalized spacial score (nSPS) is 12.0. The Morgan fingerprint density at radius 2 is 1.96 bits per heavy atom. The summed E-state index contributed by atoms with van der Waals surface area (Å²) < 4.78 is 17.3. The van der Waals surface area contributed by atoms with Crippen LogP contribution in [0.15, 0.2) is 59.7 Å². The zero-order valence-electron chi connectivity index (χ0n) is 14.1. The quantitative estimate of drug-likeness (QED) is 0.762. The van der Waals surface area contributed by atoms with Crippen molar-refractivity contribution < 1.29 is 14.2 Å². The van der Waals surface area contributed by atoms with Gasteiger partial charge in [0, 0.05) is 25.0 Å². The summed E-state index contributed by atoms with van der Waals surface area (Å²) in [6.07, 6.45) is 3.21. The lowest BCUT2D eigenvalue weighted by molar-refractivity contribution is 0.174. The highest BCUT2D eigenvalue weighted by atomic mass is 16.7. The van der Waals surface area contributed by atoms with Crippen LogP contribution < -0.4 is 25.1 Å². The van der Waals surface area contributed by atoms with Crippen LogP contribution in [0, 0.1) is 0 Å². The Bertz CT molecular complexity index is 983. The number of ether oxygens (including phenoxy) is 3. The minimum absolute atomic E-state index is 0.193. The molecule has 1 aliphatic heterocycles. The molecular weight excluding hydrogens is 334 g/mol. The molecule has 2 heterocycles. The van der Waals surface area contributed by atoms with Crippen LogP contribution in [0.1, 0.15) is 5.56 Å². The zero-order valence-corrected chi connectivity index (χ0v) is 14.1. The van der Waals surface area contributed by atoms with Gasteiger partial charge in [-0.15, -0.1) is 0 Å². The molecule has 26 heavy (non-hydrogen) atoms. The van der Waals surface area contributed by atoms with Gasteiger partial charge in [0.15, 0.2) is 17.3 Å². The molecule has 0 radical (unpaired) electrons. The molecular formula is C19H17N3O4. The van der Waals surface area contributed by atoms with E-state index in [1.54, 1.807) is 31.6 Å². The van der Waals surface area contributed by atoms with Crippen molar-refractivity contribution in [1.82, 2.24) is 9.55 Å².